The van der Waals surface area contributed by atoms with Gasteiger partial charge in [-0.3, -0.25) is 4.79 Å². The van der Waals surface area contributed by atoms with Crippen LogP contribution in [0, 0.1) is 23.2 Å². The second-order valence-corrected chi connectivity index (χ2v) is 5.51. The highest BCUT2D eigenvalue weighted by atomic mass is 16.6. The molecule has 0 aromatic rings. The molecule has 0 aliphatic heterocycles. The lowest BCUT2D eigenvalue weighted by atomic mass is 9.86. The van der Waals surface area contributed by atoms with Crippen LogP contribution in [-0.2, 0) is 9.63 Å². The van der Waals surface area contributed by atoms with Crippen LogP contribution in [0.15, 0.2) is 5.16 Å². The third kappa shape index (κ3) is 2.06. The van der Waals surface area contributed by atoms with Crippen LogP contribution in [0.3, 0.4) is 0 Å². The molecule has 0 aromatic heterocycles. The van der Waals surface area contributed by atoms with Crippen molar-refractivity contribution < 1.29 is 14.7 Å². The molecule has 4 nitrogen and oxygen atoms in total. The normalized spacial score (nSPS) is 32.4. The van der Waals surface area contributed by atoms with Gasteiger partial charge in [0.05, 0.1) is 5.92 Å². The van der Waals surface area contributed by atoms with Gasteiger partial charge in [-0.25, -0.2) is 0 Å². The molecule has 0 saturated heterocycles. The fraction of sp³-hybridized carbons (Fsp3) is 0.833. The molecule has 1 unspecified atom stereocenters. The summed E-state index contributed by atoms with van der Waals surface area (Å²) in [7, 11) is 0. The molecule has 2 rings (SSSR count). The molecular formula is C12H19NO3. The van der Waals surface area contributed by atoms with Crippen molar-refractivity contribution in [2.45, 2.75) is 33.1 Å². The average molecular weight is 225 g/mol. The highest BCUT2D eigenvalue weighted by Crippen LogP contribution is 2.57. The Kier molecular flexibility index (Phi) is 2.91. The van der Waals surface area contributed by atoms with Crippen LogP contribution in [-0.4, -0.2) is 23.9 Å². The lowest BCUT2D eigenvalue weighted by molar-refractivity contribution is -0.139. The topological polar surface area (TPSA) is 58.9 Å². The van der Waals surface area contributed by atoms with Crippen molar-refractivity contribution in [3.05, 3.63) is 0 Å². The predicted octanol–water partition coefficient (Wildman–Crippen LogP) is 2.15. The minimum Gasteiger partial charge on any atom is -0.481 e. The lowest BCUT2D eigenvalue weighted by Gasteiger charge is -2.23. The van der Waals surface area contributed by atoms with Crippen molar-refractivity contribution in [1.29, 1.82) is 0 Å². The van der Waals surface area contributed by atoms with Gasteiger partial charge in [0.15, 0.2) is 0 Å². The van der Waals surface area contributed by atoms with Gasteiger partial charge in [0, 0.05) is 12.1 Å². The molecule has 0 bridgehead atoms. The predicted molar refractivity (Wildman–Crippen MR) is 60.2 cm³/mol. The zero-order chi connectivity index (χ0) is 11.8. The van der Waals surface area contributed by atoms with Gasteiger partial charge in [-0.15, -0.1) is 0 Å². The molecule has 16 heavy (non-hydrogen) atoms. The molecule has 2 atom stereocenters. The summed E-state index contributed by atoms with van der Waals surface area (Å²) in [5.74, 6) is -0.352. The third-order valence-corrected chi connectivity index (χ3v) is 4.01. The average Bonchev–Trinajstić information content (AvgIpc) is 2.65. The Balaban J connectivity index is 1.73. The van der Waals surface area contributed by atoms with Crippen molar-refractivity contribution in [3.63, 3.8) is 0 Å². The van der Waals surface area contributed by atoms with Crippen LogP contribution in [0.25, 0.3) is 0 Å². The number of rotatable bonds is 5. The van der Waals surface area contributed by atoms with Gasteiger partial charge in [0.2, 0.25) is 0 Å². The van der Waals surface area contributed by atoms with Gasteiger partial charge < -0.3 is 9.94 Å². The first-order chi connectivity index (χ1) is 7.53. The Bertz CT molecular complexity index is 307. The smallest absolute Gasteiger partial charge is 0.307 e. The minimum atomic E-state index is -0.736. The van der Waals surface area contributed by atoms with Crippen LogP contribution in [0.4, 0.5) is 0 Å². The van der Waals surface area contributed by atoms with Crippen molar-refractivity contribution in [2.24, 2.45) is 28.3 Å². The first-order valence-electron chi connectivity index (χ1n) is 5.91. The van der Waals surface area contributed by atoms with E-state index in [1.165, 1.54) is 19.3 Å². The van der Waals surface area contributed by atoms with E-state index in [2.05, 4.69) is 5.16 Å². The molecule has 90 valence electrons. The molecule has 0 amide bonds. The maximum Gasteiger partial charge on any atom is 0.307 e. The Labute approximate surface area is 95.7 Å². The van der Waals surface area contributed by atoms with E-state index >= 15 is 0 Å². The van der Waals surface area contributed by atoms with Crippen LogP contribution < -0.4 is 0 Å². The Morgan fingerprint density at radius 2 is 2.25 bits per heavy atom. The number of aliphatic carboxylic acids is 1. The van der Waals surface area contributed by atoms with Crippen LogP contribution in [0.1, 0.15) is 33.1 Å². The number of carboxylic acids is 1. The zero-order valence-electron chi connectivity index (χ0n) is 9.85. The van der Waals surface area contributed by atoms with Gasteiger partial charge in [-0.1, -0.05) is 25.4 Å². The number of hydrogen-bond donors (Lipinski definition) is 1. The van der Waals surface area contributed by atoms with Gasteiger partial charge in [-0.2, -0.15) is 0 Å². The van der Waals surface area contributed by atoms with Crippen molar-refractivity contribution >= 4 is 12.2 Å². The fourth-order valence-corrected chi connectivity index (χ4v) is 2.34. The van der Waals surface area contributed by atoms with E-state index in [1.807, 2.05) is 13.8 Å². The molecule has 2 aliphatic rings. The molecule has 2 fully saturated rings. The molecule has 0 radical (unpaired) electrons. The summed E-state index contributed by atoms with van der Waals surface area (Å²) < 4.78 is 0. The maximum atomic E-state index is 10.9. The molecule has 2 saturated carbocycles. The number of nitrogens with zero attached hydrogens (tertiary/aromatic N) is 1. The number of oxime groups is 1. The molecule has 2 aliphatic carbocycles. The number of carbonyl (C=O) groups is 1. The zero-order valence-corrected chi connectivity index (χ0v) is 9.85. The molecule has 0 spiro atoms. The quantitative estimate of drug-likeness (QED) is 0.576. The first kappa shape index (κ1) is 11.4. The molecule has 0 aromatic carbocycles. The summed E-state index contributed by atoms with van der Waals surface area (Å²) in [5, 5.41) is 12.8. The Morgan fingerprint density at radius 3 is 2.69 bits per heavy atom. The summed E-state index contributed by atoms with van der Waals surface area (Å²) in [6, 6.07) is 0. The minimum absolute atomic E-state index is 0.0198. The maximum absolute atomic E-state index is 10.9. The Morgan fingerprint density at radius 1 is 1.56 bits per heavy atom. The summed E-state index contributed by atoms with van der Waals surface area (Å²) in [5.41, 5.74) is -0.171. The van der Waals surface area contributed by atoms with E-state index in [0.29, 0.717) is 12.5 Å². The van der Waals surface area contributed by atoms with Gasteiger partial charge in [0.25, 0.3) is 0 Å². The van der Waals surface area contributed by atoms with Crippen LogP contribution in [0.5, 0.6) is 0 Å². The second-order valence-electron chi connectivity index (χ2n) is 5.51. The summed E-state index contributed by atoms with van der Waals surface area (Å²) >= 11 is 0. The van der Waals surface area contributed by atoms with Crippen molar-refractivity contribution in [1.82, 2.24) is 0 Å². The largest absolute Gasteiger partial charge is 0.481 e. The highest BCUT2D eigenvalue weighted by molar-refractivity contribution is 5.84. The first-order valence-corrected chi connectivity index (χ1v) is 5.91. The van der Waals surface area contributed by atoms with Gasteiger partial charge in [0.1, 0.15) is 6.61 Å². The van der Waals surface area contributed by atoms with Crippen LogP contribution in [0.2, 0.25) is 0 Å². The SMILES string of the molecule is CC1(C)C(C=NOCC2CCC2)[C@H]1C(=O)O. The van der Waals surface area contributed by atoms with E-state index in [9.17, 15) is 4.79 Å². The van der Waals surface area contributed by atoms with Crippen molar-refractivity contribution in [2.75, 3.05) is 6.61 Å². The monoisotopic (exact) mass is 225 g/mol. The third-order valence-electron chi connectivity index (χ3n) is 4.01. The molecular weight excluding hydrogens is 206 g/mol. The van der Waals surface area contributed by atoms with E-state index in [-0.39, 0.29) is 17.3 Å². The molecule has 0 heterocycles. The van der Waals surface area contributed by atoms with Crippen LogP contribution >= 0.6 is 0 Å². The summed E-state index contributed by atoms with van der Waals surface area (Å²) in [6.07, 6.45) is 5.44. The number of carboxylic acid groups (broad SMARTS) is 1. The number of hydrogen-bond acceptors (Lipinski definition) is 3. The Hall–Kier alpha value is -1.06. The van der Waals surface area contributed by atoms with Crippen molar-refractivity contribution in [3.8, 4) is 0 Å². The van der Waals surface area contributed by atoms with Gasteiger partial charge in [-0.05, 0) is 24.2 Å². The molecule has 1 N–H and O–H groups in total. The van der Waals surface area contributed by atoms with E-state index in [1.54, 1.807) is 6.21 Å². The standard InChI is InChI=1S/C12H19NO3/c1-12(2)9(10(12)11(14)15)6-13-16-7-8-4-3-5-8/h6,8-10H,3-5,7H2,1-2H3,(H,14,15)/t9?,10-/m0/s1. The van der Waals surface area contributed by atoms with E-state index in [4.69, 9.17) is 9.94 Å². The summed E-state index contributed by atoms with van der Waals surface area (Å²) in [6.45, 7) is 4.59. The van der Waals surface area contributed by atoms with E-state index in [0.717, 1.165) is 0 Å². The molecule has 4 heteroatoms. The highest BCUT2D eigenvalue weighted by Gasteiger charge is 2.61. The second kappa shape index (κ2) is 4.07. The summed E-state index contributed by atoms with van der Waals surface area (Å²) in [4.78, 5) is 16.1. The lowest BCUT2D eigenvalue weighted by Crippen LogP contribution is -2.16. The van der Waals surface area contributed by atoms with Gasteiger partial charge >= 0.3 is 5.97 Å². The van der Waals surface area contributed by atoms with E-state index < -0.39 is 5.97 Å². The fourth-order valence-electron chi connectivity index (χ4n) is 2.34.